The van der Waals surface area contributed by atoms with Gasteiger partial charge in [-0.15, -0.1) is 11.3 Å². The summed E-state index contributed by atoms with van der Waals surface area (Å²) in [6, 6.07) is 8.41. The van der Waals surface area contributed by atoms with E-state index >= 15 is 0 Å². The number of benzene rings is 1. The molecule has 2 amide bonds. The number of amides is 2. The summed E-state index contributed by atoms with van der Waals surface area (Å²) in [6.45, 7) is 0. The van der Waals surface area contributed by atoms with Crippen LogP contribution in [0.25, 0.3) is 0 Å². The number of nitrogens with one attached hydrogen (secondary N) is 2. The van der Waals surface area contributed by atoms with E-state index in [0.717, 1.165) is 0 Å². The lowest BCUT2D eigenvalue weighted by Gasteiger charge is -2.06. The Morgan fingerprint density at radius 1 is 1.11 bits per heavy atom. The number of hydrogen-bond donors (Lipinski definition) is 2. The molecule has 0 bridgehead atoms. The minimum Gasteiger partial charge on any atom is -0.355 e. The zero-order valence-electron chi connectivity index (χ0n) is 10.1. The van der Waals surface area contributed by atoms with E-state index in [2.05, 4.69) is 10.6 Å². The van der Waals surface area contributed by atoms with E-state index in [1.165, 1.54) is 11.3 Å². The molecular formula is C13H11ClN2O2S. The first-order chi connectivity index (χ1) is 9.13. The molecule has 2 N–H and O–H groups in total. The van der Waals surface area contributed by atoms with Crippen LogP contribution in [0, 0.1) is 0 Å². The molecule has 1 aromatic heterocycles. The van der Waals surface area contributed by atoms with Crippen molar-refractivity contribution in [3.05, 3.63) is 51.9 Å². The minimum atomic E-state index is -0.335. The molecule has 0 unspecified atom stereocenters. The average Bonchev–Trinajstić information content (AvgIpc) is 2.86. The van der Waals surface area contributed by atoms with Gasteiger partial charge in [-0.2, -0.15) is 0 Å². The van der Waals surface area contributed by atoms with E-state index in [1.807, 2.05) is 0 Å². The van der Waals surface area contributed by atoms with Gasteiger partial charge in [-0.05, 0) is 23.6 Å². The fourth-order valence-electron chi connectivity index (χ4n) is 1.54. The van der Waals surface area contributed by atoms with Crippen LogP contribution in [-0.2, 0) is 0 Å². The SMILES string of the molecule is CNC(=O)c1ccsc1NC(=O)c1ccccc1Cl. The number of halogens is 1. The van der Waals surface area contributed by atoms with E-state index in [-0.39, 0.29) is 11.8 Å². The Labute approximate surface area is 119 Å². The lowest BCUT2D eigenvalue weighted by Crippen LogP contribution is -2.20. The molecule has 0 aliphatic carbocycles. The van der Waals surface area contributed by atoms with Crippen LogP contribution in [0.2, 0.25) is 5.02 Å². The van der Waals surface area contributed by atoms with Crippen molar-refractivity contribution in [2.75, 3.05) is 12.4 Å². The fraction of sp³-hybridized carbons (Fsp3) is 0.0769. The predicted molar refractivity (Wildman–Crippen MR) is 77.1 cm³/mol. The Morgan fingerprint density at radius 3 is 2.53 bits per heavy atom. The van der Waals surface area contributed by atoms with Crippen molar-refractivity contribution in [1.82, 2.24) is 5.32 Å². The molecule has 6 heteroatoms. The monoisotopic (exact) mass is 294 g/mol. The highest BCUT2D eigenvalue weighted by Gasteiger charge is 2.16. The van der Waals surface area contributed by atoms with Gasteiger partial charge in [0.25, 0.3) is 11.8 Å². The first-order valence-electron chi connectivity index (χ1n) is 5.49. The van der Waals surface area contributed by atoms with Crippen LogP contribution in [0.4, 0.5) is 5.00 Å². The summed E-state index contributed by atoms with van der Waals surface area (Å²) in [5.41, 5.74) is 0.813. The zero-order chi connectivity index (χ0) is 13.8. The molecule has 2 aromatic rings. The van der Waals surface area contributed by atoms with Gasteiger partial charge in [0.2, 0.25) is 0 Å². The maximum atomic E-state index is 12.1. The normalized spacial score (nSPS) is 10.0. The third-order valence-corrected chi connectivity index (χ3v) is 3.64. The third kappa shape index (κ3) is 2.94. The van der Waals surface area contributed by atoms with E-state index < -0.39 is 0 Å². The molecule has 0 radical (unpaired) electrons. The van der Waals surface area contributed by atoms with Crippen molar-refractivity contribution < 1.29 is 9.59 Å². The number of carbonyl (C=O) groups is 2. The molecule has 1 heterocycles. The number of hydrogen-bond acceptors (Lipinski definition) is 3. The van der Waals surface area contributed by atoms with Crippen molar-refractivity contribution in [1.29, 1.82) is 0 Å². The van der Waals surface area contributed by atoms with Crippen LogP contribution >= 0.6 is 22.9 Å². The second-order valence-electron chi connectivity index (χ2n) is 3.68. The van der Waals surface area contributed by atoms with Gasteiger partial charge < -0.3 is 10.6 Å². The Hall–Kier alpha value is -1.85. The first kappa shape index (κ1) is 13.6. The topological polar surface area (TPSA) is 58.2 Å². The molecular weight excluding hydrogens is 284 g/mol. The van der Waals surface area contributed by atoms with Gasteiger partial charge in [0.15, 0.2) is 0 Å². The van der Waals surface area contributed by atoms with Crippen molar-refractivity contribution in [3.63, 3.8) is 0 Å². The summed E-state index contributed by atoms with van der Waals surface area (Å²) in [5.74, 6) is -0.575. The maximum Gasteiger partial charge on any atom is 0.257 e. The molecule has 2 rings (SSSR count). The molecule has 98 valence electrons. The van der Waals surface area contributed by atoms with Gasteiger partial charge in [-0.3, -0.25) is 9.59 Å². The lowest BCUT2D eigenvalue weighted by molar-refractivity contribution is 0.0964. The molecule has 4 nitrogen and oxygen atoms in total. The van der Waals surface area contributed by atoms with Gasteiger partial charge in [-0.1, -0.05) is 23.7 Å². The summed E-state index contributed by atoms with van der Waals surface area (Å²) in [4.78, 5) is 23.7. The molecule has 0 fully saturated rings. The van der Waals surface area contributed by atoms with Crippen LogP contribution < -0.4 is 10.6 Å². The minimum absolute atomic E-state index is 0.240. The molecule has 0 saturated carbocycles. The summed E-state index contributed by atoms with van der Waals surface area (Å²) in [6.07, 6.45) is 0. The van der Waals surface area contributed by atoms with Crippen LogP contribution in [0.3, 0.4) is 0 Å². The van der Waals surface area contributed by atoms with Gasteiger partial charge >= 0.3 is 0 Å². The van der Waals surface area contributed by atoms with Crippen molar-refractivity contribution >= 4 is 39.8 Å². The van der Waals surface area contributed by atoms with Crippen molar-refractivity contribution in [2.24, 2.45) is 0 Å². The van der Waals surface area contributed by atoms with Crippen molar-refractivity contribution in [2.45, 2.75) is 0 Å². The zero-order valence-corrected chi connectivity index (χ0v) is 11.6. The highest BCUT2D eigenvalue weighted by Crippen LogP contribution is 2.25. The Kier molecular flexibility index (Phi) is 4.19. The number of rotatable bonds is 3. The summed E-state index contributed by atoms with van der Waals surface area (Å²) < 4.78 is 0. The van der Waals surface area contributed by atoms with E-state index in [4.69, 9.17) is 11.6 Å². The molecule has 19 heavy (non-hydrogen) atoms. The summed E-state index contributed by atoms with van der Waals surface area (Å²) >= 11 is 7.24. The Morgan fingerprint density at radius 2 is 1.84 bits per heavy atom. The smallest absolute Gasteiger partial charge is 0.257 e. The maximum absolute atomic E-state index is 12.1. The predicted octanol–water partition coefficient (Wildman–Crippen LogP) is 3.01. The van der Waals surface area contributed by atoms with Crippen LogP contribution in [0.1, 0.15) is 20.7 Å². The number of anilines is 1. The third-order valence-electron chi connectivity index (χ3n) is 2.48. The second-order valence-corrected chi connectivity index (χ2v) is 5.00. The molecule has 0 spiro atoms. The average molecular weight is 295 g/mol. The number of carbonyl (C=O) groups excluding carboxylic acids is 2. The largest absolute Gasteiger partial charge is 0.355 e. The van der Waals surface area contributed by atoms with Gasteiger partial charge in [-0.25, -0.2) is 0 Å². The van der Waals surface area contributed by atoms with Crippen molar-refractivity contribution in [3.8, 4) is 0 Å². The van der Waals surface area contributed by atoms with E-state index in [1.54, 1.807) is 42.8 Å². The summed E-state index contributed by atoms with van der Waals surface area (Å²) in [5, 5.41) is 7.84. The fourth-order valence-corrected chi connectivity index (χ4v) is 2.54. The first-order valence-corrected chi connectivity index (χ1v) is 6.74. The van der Waals surface area contributed by atoms with Gasteiger partial charge in [0.05, 0.1) is 16.1 Å². The van der Waals surface area contributed by atoms with Gasteiger partial charge in [0.1, 0.15) is 5.00 Å². The highest BCUT2D eigenvalue weighted by atomic mass is 35.5. The van der Waals surface area contributed by atoms with E-state index in [9.17, 15) is 9.59 Å². The second kappa shape index (κ2) is 5.86. The summed E-state index contributed by atoms with van der Waals surface area (Å²) in [7, 11) is 1.54. The molecule has 0 saturated heterocycles. The highest BCUT2D eigenvalue weighted by molar-refractivity contribution is 7.14. The standard InChI is InChI=1S/C13H11ClN2O2S/c1-15-11(17)9-6-7-19-13(9)16-12(18)8-4-2-3-5-10(8)14/h2-7H,1H3,(H,15,17)(H,16,18). The van der Waals surface area contributed by atoms with Crippen LogP contribution in [0.5, 0.6) is 0 Å². The molecule has 0 atom stereocenters. The molecule has 0 aliphatic rings. The van der Waals surface area contributed by atoms with Crippen LogP contribution in [0.15, 0.2) is 35.7 Å². The molecule has 1 aromatic carbocycles. The Balaban J connectivity index is 2.23. The van der Waals surface area contributed by atoms with E-state index in [0.29, 0.717) is 21.2 Å². The quantitative estimate of drug-likeness (QED) is 0.914. The number of thiophene rings is 1. The van der Waals surface area contributed by atoms with Gasteiger partial charge in [0, 0.05) is 7.05 Å². The Bertz CT molecular complexity index is 625. The molecule has 0 aliphatic heterocycles. The lowest BCUT2D eigenvalue weighted by atomic mass is 10.2. The van der Waals surface area contributed by atoms with Crippen LogP contribution in [-0.4, -0.2) is 18.9 Å².